The number of carbonyl (C=O) groups excluding carboxylic acids is 1. The SMILES string of the molecule is C[C@@H]1CN(C(=O)c2cc(Br)cc([N+](=O)[O-])c2)C[C@H]1C(=O)O. The third kappa shape index (κ3) is 3.21. The van der Waals surface area contributed by atoms with Crippen LogP contribution < -0.4 is 0 Å². The van der Waals surface area contributed by atoms with Crippen molar-refractivity contribution in [1.29, 1.82) is 0 Å². The van der Waals surface area contributed by atoms with Crippen molar-refractivity contribution in [1.82, 2.24) is 4.90 Å². The van der Waals surface area contributed by atoms with Crippen LogP contribution >= 0.6 is 15.9 Å². The molecule has 0 bridgehead atoms. The van der Waals surface area contributed by atoms with E-state index in [0.29, 0.717) is 11.0 Å². The summed E-state index contributed by atoms with van der Waals surface area (Å²) in [5.74, 6) is -2.07. The Kier molecular flexibility index (Phi) is 4.26. The van der Waals surface area contributed by atoms with Gasteiger partial charge in [-0.15, -0.1) is 0 Å². The van der Waals surface area contributed by atoms with Gasteiger partial charge in [-0.25, -0.2) is 0 Å². The molecule has 7 nitrogen and oxygen atoms in total. The molecule has 1 fully saturated rings. The number of benzene rings is 1. The number of hydrogen-bond donors (Lipinski definition) is 1. The number of nitro benzene ring substituents is 1. The van der Waals surface area contributed by atoms with Crippen LogP contribution in [-0.4, -0.2) is 39.9 Å². The van der Waals surface area contributed by atoms with Crippen LogP contribution in [0.25, 0.3) is 0 Å². The number of rotatable bonds is 3. The van der Waals surface area contributed by atoms with Gasteiger partial charge >= 0.3 is 5.97 Å². The molecular formula is C13H13BrN2O5. The maximum atomic E-state index is 12.4. The maximum Gasteiger partial charge on any atom is 0.308 e. The fraction of sp³-hybridized carbons (Fsp3) is 0.385. The molecular weight excluding hydrogens is 344 g/mol. The van der Waals surface area contributed by atoms with Gasteiger partial charge in [0, 0.05) is 35.3 Å². The molecule has 0 radical (unpaired) electrons. The summed E-state index contributed by atoms with van der Waals surface area (Å²) in [7, 11) is 0. The summed E-state index contributed by atoms with van der Waals surface area (Å²) < 4.78 is 0.432. The number of aliphatic carboxylic acids is 1. The van der Waals surface area contributed by atoms with Crippen molar-refractivity contribution < 1.29 is 19.6 Å². The molecule has 0 saturated carbocycles. The highest BCUT2D eigenvalue weighted by Crippen LogP contribution is 2.27. The predicted octanol–water partition coefficient (Wildman–Crippen LogP) is 2.15. The molecule has 1 aliphatic heterocycles. The molecule has 1 aliphatic rings. The van der Waals surface area contributed by atoms with Crippen LogP contribution in [0.3, 0.4) is 0 Å². The summed E-state index contributed by atoms with van der Waals surface area (Å²) >= 11 is 3.14. The lowest BCUT2D eigenvalue weighted by Crippen LogP contribution is -2.30. The van der Waals surface area contributed by atoms with Crippen LogP contribution in [0.2, 0.25) is 0 Å². The van der Waals surface area contributed by atoms with E-state index >= 15 is 0 Å². The molecule has 1 aromatic carbocycles. The topological polar surface area (TPSA) is 101 Å². The Balaban J connectivity index is 2.25. The Morgan fingerprint density at radius 1 is 1.38 bits per heavy atom. The summed E-state index contributed by atoms with van der Waals surface area (Å²) in [4.78, 5) is 35.1. The van der Waals surface area contributed by atoms with Crippen LogP contribution in [0.1, 0.15) is 17.3 Å². The molecule has 0 unspecified atom stereocenters. The molecule has 0 aromatic heterocycles. The molecule has 1 N–H and O–H groups in total. The number of nitro groups is 1. The fourth-order valence-corrected chi connectivity index (χ4v) is 2.92. The number of hydrogen-bond acceptors (Lipinski definition) is 4. The summed E-state index contributed by atoms with van der Waals surface area (Å²) in [6.07, 6.45) is 0. The minimum absolute atomic E-state index is 0.121. The second kappa shape index (κ2) is 5.80. The third-order valence-corrected chi connectivity index (χ3v) is 4.01. The Morgan fingerprint density at radius 3 is 2.57 bits per heavy atom. The summed E-state index contributed by atoms with van der Waals surface area (Å²) in [6, 6.07) is 4.00. The Hall–Kier alpha value is -1.96. The lowest BCUT2D eigenvalue weighted by molar-refractivity contribution is -0.385. The van der Waals surface area contributed by atoms with Gasteiger partial charge < -0.3 is 10.0 Å². The van der Waals surface area contributed by atoms with Crippen molar-refractivity contribution in [3.05, 3.63) is 38.3 Å². The molecule has 0 spiro atoms. The molecule has 1 saturated heterocycles. The van der Waals surface area contributed by atoms with Gasteiger partial charge in [0.05, 0.1) is 10.8 Å². The first kappa shape index (κ1) is 15.4. The highest BCUT2D eigenvalue weighted by Gasteiger charge is 2.37. The van der Waals surface area contributed by atoms with E-state index in [1.807, 2.05) is 0 Å². The van der Waals surface area contributed by atoms with Gasteiger partial charge in [-0.1, -0.05) is 22.9 Å². The van der Waals surface area contributed by atoms with Gasteiger partial charge in [-0.05, 0) is 12.0 Å². The number of amides is 1. The van der Waals surface area contributed by atoms with Crippen molar-refractivity contribution in [2.24, 2.45) is 11.8 Å². The Bertz CT molecular complexity index is 619. The molecule has 21 heavy (non-hydrogen) atoms. The summed E-state index contributed by atoms with van der Waals surface area (Å²) in [5, 5.41) is 19.9. The van der Waals surface area contributed by atoms with Gasteiger partial charge in [0.2, 0.25) is 0 Å². The average molecular weight is 357 g/mol. The number of carbonyl (C=O) groups is 2. The first-order valence-electron chi connectivity index (χ1n) is 6.26. The summed E-state index contributed by atoms with van der Waals surface area (Å²) in [5.41, 5.74) is -0.0101. The van der Waals surface area contributed by atoms with Gasteiger partial charge in [0.25, 0.3) is 11.6 Å². The molecule has 112 valence electrons. The van der Waals surface area contributed by atoms with Crippen LogP contribution in [0.15, 0.2) is 22.7 Å². The zero-order valence-electron chi connectivity index (χ0n) is 11.2. The highest BCUT2D eigenvalue weighted by molar-refractivity contribution is 9.10. The summed E-state index contributed by atoms with van der Waals surface area (Å²) in [6.45, 7) is 2.22. The van der Waals surface area contributed by atoms with Crippen molar-refractivity contribution in [3.8, 4) is 0 Å². The second-order valence-electron chi connectivity index (χ2n) is 5.09. The standard InChI is InChI=1S/C13H13BrN2O5/c1-7-5-15(6-11(7)13(18)19)12(17)8-2-9(14)4-10(3-8)16(20)21/h2-4,7,11H,5-6H2,1H3,(H,18,19)/t7-,11-/m1/s1. The van der Waals surface area contributed by atoms with Gasteiger partial charge in [-0.2, -0.15) is 0 Å². The largest absolute Gasteiger partial charge is 0.481 e. The first-order valence-corrected chi connectivity index (χ1v) is 7.06. The van der Waals surface area contributed by atoms with E-state index in [2.05, 4.69) is 15.9 Å². The second-order valence-corrected chi connectivity index (χ2v) is 6.00. The number of likely N-dealkylation sites (tertiary alicyclic amines) is 1. The van der Waals surface area contributed by atoms with Crippen molar-refractivity contribution in [2.75, 3.05) is 13.1 Å². The fourth-order valence-electron chi connectivity index (χ4n) is 2.44. The van der Waals surface area contributed by atoms with Crippen molar-refractivity contribution >= 4 is 33.5 Å². The molecule has 2 rings (SSSR count). The Labute approximate surface area is 128 Å². The monoisotopic (exact) mass is 356 g/mol. The minimum atomic E-state index is -0.932. The van der Waals surface area contributed by atoms with E-state index in [4.69, 9.17) is 5.11 Å². The smallest absolute Gasteiger partial charge is 0.308 e. The number of nitrogens with zero attached hydrogens (tertiary/aromatic N) is 2. The highest BCUT2D eigenvalue weighted by atomic mass is 79.9. The average Bonchev–Trinajstić information content (AvgIpc) is 2.79. The molecule has 1 heterocycles. The van der Waals surface area contributed by atoms with E-state index in [1.165, 1.54) is 23.1 Å². The Morgan fingerprint density at radius 2 is 2.05 bits per heavy atom. The van der Waals surface area contributed by atoms with E-state index < -0.39 is 22.7 Å². The van der Waals surface area contributed by atoms with E-state index in [-0.39, 0.29) is 23.7 Å². The van der Waals surface area contributed by atoms with E-state index in [1.54, 1.807) is 6.92 Å². The lowest BCUT2D eigenvalue weighted by atomic mass is 9.99. The number of non-ortho nitro benzene ring substituents is 1. The molecule has 8 heteroatoms. The van der Waals surface area contributed by atoms with E-state index in [9.17, 15) is 19.7 Å². The lowest BCUT2D eigenvalue weighted by Gasteiger charge is -2.16. The number of carboxylic acid groups (broad SMARTS) is 1. The van der Waals surface area contributed by atoms with Gasteiger partial charge in [-0.3, -0.25) is 19.7 Å². The van der Waals surface area contributed by atoms with Gasteiger partial charge in [0.15, 0.2) is 0 Å². The normalized spacial score (nSPS) is 21.3. The maximum absolute atomic E-state index is 12.4. The quantitative estimate of drug-likeness (QED) is 0.660. The van der Waals surface area contributed by atoms with Crippen LogP contribution in [0.5, 0.6) is 0 Å². The molecule has 0 aliphatic carbocycles. The van der Waals surface area contributed by atoms with Crippen molar-refractivity contribution in [3.63, 3.8) is 0 Å². The molecule has 1 aromatic rings. The predicted molar refractivity (Wildman–Crippen MR) is 77.0 cm³/mol. The van der Waals surface area contributed by atoms with E-state index in [0.717, 1.165) is 0 Å². The number of halogens is 1. The van der Waals surface area contributed by atoms with Crippen LogP contribution in [0, 0.1) is 22.0 Å². The van der Waals surface area contributed by atoms with Crippen LogP contribution in [0.4, 0.5) is 5.69 Å². The minimum Gasteiger partial charge on any atom is -0.481 e. The third-order valence-electron chi connectivity index (χ3n) is 3.56. The molecule has 1 amide bonds. The number of carboxylic acids is 1. The zero-order valence-corrected chi connectivity index (χ0v) is 12.7. The zero-order chi connectivity index (χ0) is 15.7. The molecule has 2 atom stereocenters. The van der Waals surface area contributed by atoms with Crippen LogP contribution in [-0.2, 0) is 4.79 Å². The first-order chi connectivity index (χ1) is 9.79. The van der Waals surface area contributed by atoms with Gasteiger partial charge in [0.1, 0.15) is 0 Å². The van der Waals surface area contributed by atoms with Crippen molar-refractivity contribution in [2.45, 2.75) is 6.92 Å².